The molecule has 1 atom stereocenters. The Kier molecular flexibility index (Phi) is 5.50. The highest BCUT2D eigenvalue weighted by Crippen LogP contribution is 2.35. The molecule has 3 rings (SSSR count). The van der Waals surface area contributed by atoms with Gasteiger partial charge in [0.1, 0.15) is 6.10 Å². The van der Waals surface area contributed by atoms with Crippen LogP contribution in [-0.4, -0.2) is 30.0 Å². The predicted molar refractivity (Wildman–Crippen MR) is 97.8 cm³/mol. The molecule has 130 valence electrons. The van der Waals surface area contributed by atoms with E-state index in [1.54, 1.807) is 0 Å². The van der Waals surface area contributed by atoms with Crippen molar-refractivity contribution in [2.75, 3.05) is 7.05 Å². The van der Waals surface area contributed by atoms with Crippen molar-refractivity contribution >= 4 is 23.1 Å². The largest absolute Gasteiger partial charge is 0.494 e. The van der Waals surface area contributed by atoms with Crippen LogP contribution < -0.4 is 0 Å². The average molecular weight is 348 g/mol. The summed E-state index contributed by atoms with van der Waals surface area (Å²) >= 11 is 5.96. The van der Waals surface area contributed by atoms with Gasteiger partial charge in [-0.2, -0.15) is 0 Å². The van der Waals surface area contributed by atoms with Crippen molar-refractivity contribution in [3.63, 3.8) is 0 Å². The number of amides is 1. The molecule has 1 aliphatic carbocycles. The Hall–Kier alpha value is -1.48. The zero-order valence-corrected chi connectivity index (χ0v) is 15.3. The first-order valence-corrected chi connectivity index (χ1v) is 9.30. The first-order valence-electron chi connectivity index (χ1n) is 8.92. The van der Waals surface area contributed by atoms with E-state index in [4.69, 9.17) is 16.3 Å². The molecule has 0 spiro atoms. The molecule has 0 bridgehead atoms. The molecule has 4 heteroatoms. The molecule has 1 unspecified atom stereocenters. The van der Waals surface area contributed by atoms with Crippen LogP contribution in [0.25, 0.3) is 5.57 Å². The Bertz CT molecular complexity index is 617. The molecule has 1 heterocycles. The van der Waals surface area contributed by atoms with Crippen LogP contribution in [0, 0.1) is 0 Å². The van der Waals surface area contributed by atoms with Crippen LogP contribution in [0.2, 0.25) is 5.02 Å². The summed E-state index contributed by atoms with van der Waals surface area (Å²) in [5.41, 5.74) is 2.32. The van der Waals surface area contributed by atoms with Crippen molar-refractivity contribution in [3.05, 3.63) is 40.6 Å². The van der Waals surface area contributed by atoms with Gasteiger partial charge in [0.2, 0.25) is 5.91 Å². The van der Waals surface area contributed by atoms with E-state index in [1.807, 2.05) is 43.1 Å². The number of rotatable bonds is 4. The standard InChI is InChI=1S/C20H26ClNO2/c1-14-19(15-8-10-16(21)11-9-15)12-18(24-14)13-20(23)22(2)17-6-4-3-5-7-17/h8-11,17-18H,3-7,12-13H2,1-2H3. The number of carbonyl (C=O) groups is 1. The summed E-state index contributed by atoms with van der Waals surface area (Å²) in [5.74, 6) is 1.13. The van der Waals surface area contributed by atoms with Crippen molar-refractivity contribution in [1.29, 1.82) is 0 Å². The Morgan fingerprint density at radius 1 is 1.21 bits per heavy atom. The van der Waals surface area contributed by atoms with Crippen molar-refractivity contribution < 1.29 is 9.53 Å². The summed E-state index contributed by atoms with van der Waals surface area (Å²) in [5, 5.41) is 0.733. The van der Waals surface area contributed by atoms with Crippen molar-refractivity contribution in [2.24, 2.45) is 0 Å². The second kappa shape index (κ2) is 7.60. The first kappa shape index (κ1) is 17.3. The third kappa shape index (κ3) is 3.94. The van der Waals surface area contributed by atoms with Crippen molar-refractivity contribution in [3.8, 4) is 0 Å². The fraction of sp³-hybridized carbons (Fsp3) is 0.550. The van der Waals surface area contributed by atoms with Gasteiger partial charge in [0.05, 0.1) is 12.2 Å². The number of benzene rings is 1. The highest BCUT2D eigenvalue weighted by Gasteiger charge is 2.29. The number of allylic oxidation sites excluding steroid dienone is 1. The zero-order valence-electron chi connectivity index (χ0n) is 14.6. The van der Waals surface area contributed by atoms with Gasteiger partial charge in [0, 0.05) is 30.1 Å². The predicted octanol–water partition coefficient (Wildman–Crippen LogP) is 5.04. The SMILES string of the molecule is CC1=C(c2ccc(Cl)cc2)CC(CC(=O)N(C)C2CCCCC2)O1. The molecule has 1 amide bonds. The second-order valence-electron chi connectivity index (χ2n) is 6.99. The first-order chi connectivity index (χ1) is 11.5. The Labute approximate surface area is 149 Å². The summed E-state index contributed by atoms with van der Waals surface area (Å²) in [6.07, 6.45) is 7.26. The van der Waals surface area contributed by atoms with Gasteiger partial charge in [-0.1, -0.05) is 43.0 Å². The fourth-order valence-corrected chi connectivity index (χ4v) is 3.96. The second-order valence-corrected chi connectivity index (χ2v) is 7.42. The topological polar surface area (TPSA) is 29.5 Å². The Morgan fingerprint density at radius 3 is 2.54 bits per heavy atom. The van der Waals surface area contributed by atoms with E-state index in [9.17, 15) is 4.79 Å². The summed E-state index contributed by atoms with van der Waals surface area (Å²) in [6, 6.07) is 8.24. The molecule has 1 aliphatic heterocycles. The van der Waals surface area contributed by atoms with E-state index in [1.165, 1.54) is 24.8 Å². The Balaban J connectivity index is 1.58. The van der Waals surface area contributed by atoms with Gasteiger partial charge in [0.15, 0.2) is 0 Å². The fourth-order valence-electron chi connectivity index (χ4n) is 3.83. The van der Waals surface area contributed by atoms with Gasteiger partial charge in [-0.05, 0) is 37.5 Å². The quantitative estimate of drug-likeness (QED) is 0.763. The molecule has 0 saturated heterocycles. The molecule has 3 nitrogen and oxygen atoms in total. The molecule has 1 aromatic carbocycles. The maximum atomic E-state index is 12.6. The lowest BCUT2D eigenvalue weighted by molar-refractivity contribution is -0.134. The molecule has 1 saturated carbocycles. The van der Waals surface area contributed by atoms with Gasteiger partial charge < -0.3 is 9.64 Å². The highest BCUT2D eigenvalue weighted by molar-refractivity contribution is 6.30. The smallest absolute Gasteiger partial charge is 0.226 e. The maximum absolute atomic E-state index is 12.6. The van der Waals surface area contributed by atoms with E-state index in [-0.39, 0.29) is 12.0 Å². The summed E-state index contributed by atoms with van der Waals surface area (Å²) in [7, 11) is 1.95. The summed E-state index contributed by atoms with van der Waals surface area (Å²) in [6.45, 7) is 1.99. The van der Waals surface area contributed by atoms with Crippen LogP contribution in [0.1, 0.15) is 57.4 Å². The van der Waals surface area contributed by atoms with E-state index in [0.717, 1.165) is 35.6 Å². The van der Waals surface area contributed by atoms with E-state index >= 15 is 0 Å². The van der Waals surface area contributed by atoms with E-state index in [0.29, 0.717) is 12.5 Å². The van der Waals surface area contributed by atoms with Gasteiger partial charge in [-0.15, -0.1) is 0 Å². The van der Waals surface area contributed by atoms with Gasteiger partial charge in [-0.3, -0.25) is 4.79 Å². The minimum atomic E-state index is -0.0470. The van der Waals surface area contributed by atoms with Crippen LogP contribution in [0.5, 0.6) is 0 Å². The lowest BCUT2D eigenvalue weighted by Gasteiger charge is -2.31. The van der Waals surface area contributed by atoms with Crippen LogP contribution in [0.15, 0.2) is 30.0 Å². The van der Waals surface area contributed by atoms with Gasteiger partial charge >= 0.3 is 0 Å². The number of ether oxygens (including phenoxy) is 1. The van der Waals surface area contributed by atoms with E-state index in [2.05, 4.69) is 0 Å². The molecule has 24 heavy (non-hydrogen) atoms. The minimum Gasteiger partial charge on any atom is -0.494 e. The van der Waals surface area contributed by atoms with E-state index < -0.39 is 0 Å². The third-order valence-electron chi connectivity index (χ3n) is 5.31. The molecular weight excluding hydrogens is 322 g/mol. The number of nitrogens with zero attached hydrogens (tertiary/aromatic N) is 1. The number of halogens is 1. The number of carbonyl (C=O) groups excluding carboxylic acids is 1. The van der Waals surface area contributed by atoms with Crippen LogP contribution in [0.4, 0.5) is 0 Å². The lowest BCUT2D eigenvalue weighted by Crippen LogP contribution is -2.39. The Morgan fingerprint density at radius 2 is 1.88 bits per heavy atom. The zero-order chi connectivity index (χ0) is 17.1. The van der Waals surface area contributed by atoms with Crippen LogP contribution in [-0.2, 0) is 9.53 Å². The average Bonchev–Trinajstić information content (AvgIpc) is 2.96. The van der Waals surface area contributed by atoms with Crippen molar-refractivity contribution in [2.45, 2.75) is 64.0 Å². The molecular formula is C20H26ClNO2. The monoisotopic (exact) mass is 347 g/mol. The molecule has 1 fully saturated rings. The van der Waals surface area contributed by atoms with Gasteiger partial charge in [0.25, 0.3) is 0 Å². The highest BCUT2D eigenvalue weighted by atomic mass is 35.5. The lowest BCUT2D eigenvalue weighted by atomic mass is 9.94. The van der Waals surface area contributed by atoms with Gasteiger partial charge in [-0.25, -0.2) is 0 Å². The molecule has 0 N–H and O–H groups in total. The molecule has 1 aromatic rings. The minimum absolute atomic E-state index is 0.0470. The summed E-state index contributed by atoms with van der Waals surface area (Å²) < 4.78 is 5.97. The third-order valence-corrected chi connectivity index (χ3v) is 5.56. The molecule has 0 radical (unpaired) electrons. The van der Waals surface area contributed by atoms with Crippen LogP contribution >= 0.6 is 11.6 Å². The number of hydrogen-bond acceptors (Lipinski definition) is 2. The maximum Gasteiger partial charge on any atom is 0.226 e. The van der Waals surface area contributed by atoms with Crippen LogP contribution in [0.3, 0.4) is 0 Å². The normalized spacial score (nSPS) is 21.7. The molecule has 2 aliphatic rings. The number of hydrogen-bond donors (Lipinski definition) is 0. The summed E-state index contributed by atoms with van der Waals surface area (Å²) in [4.78, 5) is 14.6. The molecule has 0 aromatic heterocycles. The van der Waals surface area contributed by atoms with Crippen molar-refractivity contribution in [1.82, 2.24) is 4.90 Å².